The quantitative estimate of drug-likeness (QED) is 0.804. The fourth-order valence-electron chi connectivity index (χ4n) is 2.40. The van der Waals surface area contributed by atoms with E-state index in [1.54, 1.807) is 0 Å². The third-order valence-electron chi connectivity index (χ3n) is 3.58. The number of benzene rings is 1. The summed E-state index contributed by atoms with van der Waals surface area (Å²) in [5, 5.41) is 19.4. The third-order valence-corrected chi connectivity index (χ3v) is 3.58. The van der Waals surface area contributed by atoms with Gasteiger partial charge >= 0.3 is 0 Å². The maximum absolute atomic E-state index is 10.0. The monoisotopic (exact) mass is 220 g/mol. The Morgan fingerprint density at radius 1 is 1.12 bits per heavy atom. The predicted molar refractivity (Wildman–Crippen MR) is 64.9 cm³/mol. The number of hydrogen-bond acceptors (Lipinski definition) is 2. The first kappa shape index (κ1) is 11.5. The average molecular weight is 220 g/mol. The summed E-state index contributed by atoms with van der Waals surface area (Å²) in [6.45, 7) is 3.97. The minimum Gasteiger partial charge on any atom is -0.508 e. The van der Waals surface area contributed by atoms with Gasteiger partial charge in [0.1, 0.15) is 5.75 Å². The molecule has 1 aromatic rings. The molecule has 16 heavy (non-hydrogen) atoms. The van der Waals surface area contributed by atoms with Crippen LogP contribution in [-0.2, 0) is 18.3 Å². The molecule has 0 amide bonds. The van der Waals surface area contributed by atoms with E-state index in [0.29, 0.717) is 5.75 Å². The van der Waals surface area contributed by atoms with Crippen LogP contribution in [0.2, 0.25) is 0 Å². The van der Waals surface area contributed by atoms with E-state index in [1.807, 2.05) is 19.9 Å². The number of phenols is 1. The van der Waals surface area contributed by atoms with Crippen molar-refractivity contribution < 1.29 is 10.2 Å². The summed E-state index contributed by atoms with van der Waals surface area (Å²) >= 11 is 0. The highest BCUT2D eigenvalue weighted by Crippen LogP contribution is 2.35. The minimum atomic E-state index is -0.365. The average Bonchev–Trinajstić information content (AvgIpc) is 2.28. The van der Waals surface area contributed by atoms with E-state index >= 15 is 0 Å². The molecule has 88 valence electrons. The zero-order valence-electron chi connectivity index (χ0n) is 10.1. The summed E-state index contributed by atoms with van der Waals surface area (Å²) in [4.78, 5) is 0. The van der Waals surface area contributed by atoms with Crippen LogP contribution in [0.5, 0.6) is 5.75 Å². The summed E-state index contributed by atoms with van der Waals surface area (Å²) in [5.74, 6) is 0.333. The molecule has 0 saturated carbocycles. The van der Waals surface area contributed by atoms with Crippen LogP contribution in [0, 0.1) is 0 Å². The molecule has 0 spiro atoms. The zero-order chi connectivity index (χ0) is 11.8. The molecule has 0 saturated heterocycles. The number of phenolic OH excluding ortho intramolecular Hbond substituents is 1. The molecule has 0 heterocycles. The van der Waals surface area contributed by atoms with Gasteiger partial charge in [-0.25, -0.2) is 0 Å². The van der Waals surface area contributed by atoms with E-state index in [1.165, 1.54) is 24.0 Å². The molecule has 2 N–H and O–H groups in total. The molecule has 0 atom stereocenters. The molecule has 2 nitrogen and oxygen atoms in total. The van der Waals surface area contributed by atoms with Crippen molar-refractivity contribution in [2.75, 3.05) is 6.61 Å². The molecule has 0 aliphatic heterocycles. The minimum absolute atomic E-state index is 0.0549. The van der Waals surface area contributed by atoms with Crippen LogP contribution in [0.3, 0.4) is 0 Å². The smallest absolute Gasteiger partial charge is 0.119 e. The molecule has 0 fully saturated rings. The Hall–Kier alpha value is -1.02. The Morgan fingerprint density at radius 2 is 1.69 bits per heavy atom. The summed E-state index contributed by atoms with van der Waals surface area (Å²) in [6.07, 6.45) is 4.62. The van der Waals surface area contributed by atoms with E-state index in [-0.39, 0.29) is 12.0 Å². The SMILES string of the molecule is CC(C)(CO)c1cc2c(cc1O)CCCC2. The van der Waals surface area contributed by atoms with E-state index in [0.717, 1.165) is 18.4 Å². The fourth-order valence-corrected chi connectivity index (χ4v) is 2.40. The van der Waals surface area contributed by atoms with Crippen molar-refractivity contribution in [3.05, 3.63) is 28.8 Å². The van der Waals surface area contributed by atoms with Crippen molar-refractivity contribution in [2.24, 2.45) is 0 Å². The van der Waals surface area contributed by atoms with Gasteiger partial charge in [0, 0.05) is 11.0 Å². The Morgan fingerprint density at radius 3 is 2.25 bits per heavy atom. The van der Waals surface area contributed by atoms with Crippen molar-refractivity contribution in [2.45, 2.75) is 44.9 Å². The molecule has 2 rings (SSSR count). The molecular weight excluding hydrogens is 200 g/mol. The molecule has 2 heteroatoms. The molecule has 0 aromatic heterocycles. The molecule has 0 unspecified atom stereocenters. The summed E-state index contributed by atoms with van der Waals surface area (Å²) in [7, 11) is 0. The third kappa shape index (κ3) is 1.94. The van der Waals surface area contributed by atoms with Crippen LogP contribution in [0.1, 0.15) is 43.4 Å². The van der Waals surface area contributed by atoms with Gasteiger partial charge in [0.05, 0.1) is 6.61 Å². The van der Waals surface area contributed by atoms with Crippen molar-refractivity contribution in [3.8, 4) is 5.75 Å². The number of fused-ring (bicyclic) bond motifs is 1. The highest BCUT2D eigenvalue weighted by atomic mass is 16.3. The first-order valence-electron chi connectivity index (χ1n) is 6.01. The number of aryl methyl sites for hydroxylation is 2. The molecule has 0 radical (unpaired) electrons. The first-order valence-corrected chi connectivity index (χ1v) is 6.01. The predicted octanol–water partition coefficient (Wildman–Crippen LogP) is 2.54. The highest BCUT2D eigenvalue weighted by Gasteiger charge is 2.25. The van der Waals surface area contributed by atoms with Gasteiger partial charge in [0.15, 0.2) is 0 Å². The lowest BCUT2D eigenvalue weighted by atomic mass is 9.80. The van der Waals surface area contributed by atoms with Gasteiger partial charge < -0.3 is 10.2 Å². The van der Waals surface area contributed by atoms with E-state index in [2.05, 4.69) is 6.07 Å². The standard InChI is InChI=1S/C14H20O2/c1-14(2,9-15)12-7-10-5-3-4-6-11(10)8-13(12)16/h7-8,15-16H,3-6,9H2,1-2H3. The van der Waals surface area contributed by atoms with Gasteiger partial charge in [-0.2, -0.15) is 0 Å². The number of hydrogen-bond donors (Lipinski definition) is 2. The van der Waals surface area contributed by atoms with Crippen molar-refractivity contribution in [3.63, 3.8) is 0 Å². The number of aliphatic hydroxyl groups is 1. The van der Waals surface area contributed by atoms with Gasteiger partial charge in [0.25, 0.3) is 0 Å². The van der Waals surface area contributed by atoms with Gasteiger partial charge in [-0.1, -0.05) is 19.9 Å². The van der Waals surface area contributed by atoms with Gasteiger partial charge in [-0.05, 0) is 42.9 Å². The van der Waals surface area contributed by atoms with Crippen molar-refractivity contribution in [1.29, 1.82) is 0 Å². The van der Waals surface area contributed by atoms with Gasteiger partial charge in [-0.3, -0.25) is 0 Å². The first-order chi connectivity index (χ1) is 7.54. The van der Waals surface area contributed by atoms with Crippen LogP contribution in [0.15, 0.2) is 12.1 Å². The second-order valence-electron chi connectivity index (χ2n) is 5.39. The van der Waals surface area contributed by atoms with Crippen LogP contribution in [0.4, 0.5) is 0 Å². The largest absolute Gasteiger partial charge is 0.508 e. The topological polar surface area (TPSA) is 40.5 Å². The van der Waals surface area contributed by atoms with E-state index in [4.69, 9.17) is 0 Å². The number of rotatable bonds is 2. The molecule has 0 bridgehead atoms. The maximum atomic E-state index is 10.0. The van der Waals surface area contributed by atoms with Crippen molar-refractivity contribution in [1.82, 2.24) is 0 Å². The summed E-state index contributed by atoms with van der Waals surface area (Å²) in [5.41, 5.74) is 3.13. The lowest BCUT2D eigenvalue weighted by molar-refractivity contribution is 0.215. The summed E-state index contributed by atoms with van der Waals surface area (Å²) < 4.78 is 0. The Balaban J connectivity index is 2.47. The fraction of sp³-hybridized carbons (Fsp3) is 0.571. The van der Waals surface area contributed by atoms with Gasteiger partial charge in [-0.15, -0.1) is 0 Å². The Kier molecular flexibility index (Phi) is 2.94. The highest BCUT2D eigenvalue weighted by molar-refractivity contribution is 5.46. The lowest BCUT2D eigenvalue weighted by Crippen LogP contribution is -2.23. The van der Waals surface area contributed by atoms with Gasteiger partial charge in [0.2, 0.25) is 0 Å². The van der Waals surface area contributed by atoms with E-state index in [9.17, 15) is 10.2 Å². The number of aromatic hydroxyl groups is 1. The molecule has 1 aliphatic carbocycles. The lowest BCUT2D eigenvalue weighted by Gasteiger charge is -2.26. The zero-order valence-corrected chi connectivity index (χ0v) is 10.1. The second-order valence-corrected chi connectivity index (χ2v) is 5.39. The van der Waals surface area contributed by atoms with E-state index < -0.39 is 0 Å². The molecule has 1 aliphatic rings. The Labute approximate surface area is 96.9 Å². The second kappa shape index (κ2) is 4.10. The van der Waals surface area contributed by atoms with Crippen LogP contribution >= 0.6 is 0 Å². The normalized spacial score (nSPS) is 15.9. The molecular formula is C14H20O2. The van der Waals surface area contributed by atoms with Crippen LogP contribution < -0.4 is 0 Å². The van der Waals surface area contributed by atoms with Crippen LogP contribution in [-0.4, -0.2) is 16.8 Å². The van der Waals surface area contributed by atoms with Crippen molar-refractivity contribution >= 4 is 0 Å². The number of aliphatic hydroxyl groups excluding tert-OH is 1. The Bertz CT molecular complexity index is 394. The summed E-state index contributed by atoms with van der Waals surface area (Å²) in [6, 6.07) is 3.97. The molecule has 1 aromatic carbocycles. The maximum Gasteiger partial charge on any atom is 0.119 e. The van der Waals surface area contributed by atoms with Crippen LogP contribution in [0.25, 0.3) is 0 Å².